The second kappa shape index (κ2) is 4.07. The molecule has 2 rings (SSSR count). The van der Waals surface area contributed by atoms with E-state index in [0.717, 1.165) is 12.8 Å². The highest BCUT2D eigenvalue weighted by atomic mass is 32.2. The summed E-state index contributed by atoms with van der Waals surface area (Å²) in [6.45, 7) is 2.99. The Kier molecular flexibility index (Phi) is 2.90. The van der Waals surface area contributed by atoms with Crippen LogP contribution >= 0.6 is 0 Å². The Bertz CT molecular complexity index is 470. The van der Waals surface area contributed by atoms with Crippen LogP contribution in [0.3, 0.4) is 0 Å². The molecule has 88 valence electrons. The number of anilines is 1. The minimum atomic E-state index is -3.39. The first-order valence-corrected chi connectivity index (χ1v) is 6.83. The molecule has 1 heterocycles. The lowest BCUT2D eigenvalue weighted by Crippen LogP contribution is -2.29. The summed E-state index contributed by atoms with van der Waals surface area (Å²) in [6, 6.07) is 5.18. The van der Waals surface area contributed by atoms with Gasteiger partial charge in [-0.3, -0.25) is 0 Å². The standard InChI is InChI=1S/C11H16N2O2S/c1-9-5-4-6-10(12)11(9)16(14,15)13-7-2-3-8-13/h4-6H,2-3,7-8,12H2,1H3. The van der Waals surface area contributed by atoms with Crippen LogP contribution in [0, 0.1) is 6.92 Å². The van der Waals surface area contributed by atoms with Gasteiger partial charge in [-0.15, -0.1) is 0 Å². The number of nitrogen functional groups attached to an aromatic ring is 1. The molecular weight excluding hydrogens is 224 g/mol. The second-order valence-electron chi connectivity index (χ2n) is 4.10. The van der Waals surface area contributed by atoms with Crippen LogP contribution < -0.4 is 5.73 Å². The number of hydrogen-bond acceptors (Lipinski definition) is 3. The lowest BCUT2D eigenvalue weighted by Gasteiger charge is -2.18. The van der Waals surface area contributed by atoms with E-state index in [1.807, 2.05) is 0 Å². The number of nitrogens with two attached hydrogens (primary N) is 1. The zero-order chi connectivity index (χ0) is 11.8. The van der Waals surface area contributed by atoms with Gasteiger partial charge in [0.25, 0.3) is 0 Å². The molecule has 0 amide bonds. The molecule has 1 aliphatic rings. The number of rotatable bonds is 2. The monoisotopic (exact) mass is 240 g/mol. The average molecular weight is 240 g/mol. The van der Waals surface area contributed by atoms with Crippen LogP contribution in [0.4, 0.5) is 5.69 Å². The molecule has 0 radical (unpaired) electrons. The topological polar surface area (TPSA) is 63.4 Å². The molecule has 1 aromatic rings. The highest BCUT2D eigenvalue weighted by Crippen LogP contribution is 2.27. The Morgan fingerprint density at radius 3 is 2.44 bits per heavy atom. The van der Waals surface area contributed by atoms with Crippen LogP contribution in [0.15, 0.2) is 23.1 Å². The van der Waals surface area contributed by atoms with Gasteiger partial charge in [-0.1, -0.05) is 12.1 Å². The highest BCUT2D eigenvalue weighted by Gasteiger charge is 2.29. The molecule has 0 spiro atoms. The van der Waals surface area contributed by atoms with Crippen LogP contribution in [-0.4, -0.2) is 25.8 Å². The van der Waals surface area contributed by atoms with Crippen LogP contribution in [0.1, 0.15) is 18.4 Å². The Morgan fingerprint density at radius 1 is 1.25 bits per heavy atom. The van der Waals surface area contributed by atoms with Crippen LogP contribution in [0.2, 0.25) is 0 Å². The maximum atomic E-state index is 12.3. The van der Waals surface area contributed by atoms with E-state index in [2.05, 4.69) is 0 Å². The summed E-state index contributed by atoms with van der Waals surface area (Å²) in [5.74, 6) is 0. The van der Waals surface area contributed by atoms with E-state index in [-0.39, 0.29) is 4.90 Å². The van der Waals surface area contributed by atoms with Crippen molar-refractivity contribution in [2.45, 2.75) is 24.7 Å². The number of sulfonamides is 1. The third kappa shape index (κ3) is 1.81. The fourth-order valence-corrected chi connectivity index (χ4v) is 3.92. The van der Waals surface area contributed by atoms with Crippen molar-refractivity contribution >= 4 is 15.7 Å². The van der Waals surface area contributed by atoms with Gasteiger partial charge in [-0.25, -0.2) is 8.42 Å². The Balaban J connectivity index is 2.50. The van der Waals surface area contributed by atoms with Gasteiger partial charge < -0.3 is 5.73 Å². The largest absolute Gasteiger partial charge is 0.398 e. The molecule has 0 unspecified atom stereocenters. The summed E-state index contributed by atoms with van der Waals surface area (Å²) < 4.78 is 26.2. The molecule has 0 aliphatic carbocycles. The normalized spacial score (nSPS) is 17.8. The molecule has 1 fully saturated rings. The summed E-state index contributed by atoms with van der Waals surface area (Å²) in [4.78, 5) is 0.275. The fraction of sp³-hybridized carbons (Fsp3) is 0.455. The van der Waals surface area contributed by atoms with E-state index >= 15 is 0 Å². The van der Waals surface area contributed by atoms with Gasteiger partial charge >= 0.3 is 0 Å². The number of benzene rings is 1. The van der Waals surface area contributed by atoms with Crippen LogP contribution in [0.5, 0.6) is 0 Å². The maximum absolute atomic E-state index is 12.3. The van der Waals surface area contributed by atoms with Gasteiger partial charge in [0.15, 0.2) is 0 Å². The summed E-state index contributed by atoms with van der Waals surface area (Å²) in [5, 5.41) is 0. The molecule has 0 bridgehead atoms. The Labute approximate surface area is 96.1 Å². The summed E-state index contributed by atoms with van der Waals surface area (Å²) >= 11 is 0. The van der Waals surface area contributed by atoms with E-state index in [1.54, 1.807) is 25.1 Å². The zero-order valence-corrected chi connectivity index (χ0v) is 10.1. The smallest absolute Gasteiger partial charge is 0.245 e. The molecule has 0 aromatic heterocycles. The minimum absolute atomic E-state index is 0.275. The first kappa shape index (κ1) is 11.4. The minimum Gasteiger partial charge on any atom is -0.398 e. The SMILES string of the molecule is Cc1cccc(N)c1S(=O)(=O)N1CCCC1. The fourth-order valence-electron chi connectivity index (χ4n) is 2.09. The van der Waals surface area contributed by atoms with Gasteiger partial charge in [-0.2, -0.15) is 4.31 Å². The lowest BCUT2D eigenvalue weighted by atomic mass is 10.2. The van der Waals surface area contributed by atoms with Gasteiger partial charge in [0, 0.05) is 13.1 Å². The molecule has 2 N–H and O–H groups in total. The van der Waals surface area contributed by atoms with Gasteiger partial charge in [0.1, 0.15) is 4.90 Å². The van der Waals surface area contributed by atoms with Gasteiger partial charge in [-0.05, 0) is 31.4 Å². The molecule has 1 aliphatic heterocycles. The summed E-state index contributed by atoms with van der Waals surface area (Å²) in [5.41, 5.74) is 6.82. The van der Waals surface area contributed by atoms with Crippen molar-refractivity contribution in [1.29, 1.82) is 0 Å². The van der Waals surface area contributed by atoms with E-state index < -0.39 is 10.0 Å². The van der Waals surface area contributed by atoms with Crippen LogP contribution in [-0.2, 0) is 10.0 Å². The third-order valence-electron chi connectivity index (χ3n) is 2.91. The van der Waals surface area contributed by atoms with Crippen molar-refractivity contribution in [2.75, 3.05) is 18.8 Å². The predicted octanol–water partition coefficient (Wildman–Crippen LogP) is 1.36. The van der Waals surface area contributed by atoms with Crippen molar-refractivity contribution in [1.82, 2.24) is 4.31 Å². The molecule has 5 heteroatoms. The van der Waals surface area contributed by atoms with Crippen molar-refractivity contribution in [3.8, 4) is 0 Å². The second-order valence-corrected chi connectivity index (χ2v) is 5.98. The molecule has 0 atom stereocenters. The van der Waals surface area contributed by atoms with E-state index in [1.165, 1.54) is 4.31 Å². The molecule has 4 nitrogen and oxygen atoms in total. The van der Waals surface area contributed by atoms with Crippen LogP contribution in [0.25, 0.3) is 0 Å². The molecule has 0 saturated carbocycles. The van der Waals surface area contributed by atoms with E-state index in [4.69, 9.17) is 5.73 Å². The zero-order valence-electron chi connectivity index (χ0n) is 9.31. The Hall–Kier alpha value is -1.07. The molecular formula is C11H16N2O2S. The first-order valence-electron chi connectivity index (χ1n) is 5.39. The van der Waals surface area contributed by atoms with Gasteiger partial charge in [0.05, 0.1) is 5.69 Å². The molecule has 1 aromatic carbocycles. The lowest BCUT2D eigenvalue weighted by molar-refractivity contribution is 0.477. The number of nitrogens with zero attached hydrogens (tertiary/aromatic N) is 1. The third-order valence-corrected chi connectivity index (χ3v) is 5.02. The predicted molar refractivity (Wildman–Crippen MR) is 63.6 cm³/mol. The van der Waals surface area contributed by atoms with Crippen molar-refractivity contribution in [2.24, 2.45) is 0 Å². The highest BCUT2D eigenvalue weighted by molar-refractivity contribution is 7.89. The molecule has 16 heavy (non-hydrogen) atoms. The Morgan fingerprint density at radius 2 is 1.88 bits per heavy atom. The summed E-state index contributed by atoms with van der Waals surface area (Å²) in [7, 11) is -3.39. The first-order chi connectivity index (χ1) is 7.53. The maximum Gasteiger partial charge on any atom is 0.245 e. The molecule has 1 saturated heterocycles. The van der Waals surface area contributed by atoms with Crippen molar-refractivity contribution in [3.05, 3.63) is 23.8 Å². The van der Waals surface area contributed by atoms with Gasteiger partial charge in [0.2, 0.25) is 10.0 Å². The quantitative estimate of drug-likeness (QED) is 0.794. The van der Waals surface area contributed by atoms with E-state index in [0.29, 0.717) is 24.3 Å². The average Bonchev–Trinajstić information content (AvgIpc) is 2.69. The number of aryl methyl sites for hydroxylation is 1. The van der Waals surface area contributed by atoms with Crippen molar-refractivity contribution < 1.29 is 8.42 Å². The number of hydrogen-bond donors (Lipinski definition) is 1. The summed E-state index contributed by atoms with van der Waals surface area (Å²) in [6.07, 6.45) is 1.87. The van der Waals surface area contributed by atoms with E-state index in [9.17, 15) is 8.42 Å². The van der Waals surface area contributed by atoms with Crippen molar-refractivity contribution in [3.63, 3.8) is 0 Å².